The van der Waals surface area contributed by atoms with Gasteiger partial charge >= 0.3 is 0 Å². The van der Waals surface area contributed by atoms with Gasteiger partial charge < -0.3 is 19.1 Å². The van der Waals surface area contributed by atoms with E-state index in [-0.39, 0.29) is 18.0 Å². The standard InChI is InChI=1S/C30H31N3O5S/c1-5-23(34)17-26(35)28-29(32-30(39-28)22-14-15-31-27(16-22)38-4)33(18-20-6-10-24(36-2)11-7-20)19-21-8-12-25(37-3)13-9-21/h6-16H,5,17-19H2,1-4H3. The van der Waals surface area contributed by atoms with Gasteiger partial charge in [0.2, 0.25) is 5.88 Å². The number of nitrogens with zero attached hydrogens (tertiary/aromatic N) is 3. The normalized spacial score (nSPS) is 10.7. The van der Waals surface area contributed by atoms with Crippen molar-refractivity contribution >= 4 is 28.7 Å². The maximum Gasteiger partial charge on any atom is 0.213 e. The molecule has 39 heavy (non-hydrogen) atoms. The summed E-state index contributed by atoms with van der Waals surface area (Å²) in [5, 5.41) is 0.646. The van der Waals surface area contributed by atoms with Gasteiger partial charge in [-0.05, 0) is 41.5 Å². The van der Waals surface area contributed by atoms with Crippen molar-refractivity contribution < 1.29 is 23.8 Å². The SMILES string of the molecule is CCC(=O)CC(=O)c1sc(-c2ccnc(OC)c2)nc1N(Cc1ccc(OC)cc1)Cc1ccc(OC)cc1. The number of thiazole rings is 1. The minimum absolute atomic E-state index is 0.108. The van der Waals surface area contributed by atoms with Crippen LogP contribution in [0.3, 0.4) is 0 Å². The number of benzene rings is 2. The zero-order chi connectivity index (χ0) is 27.8. The van der Waals surface area contributed by atoms with E-state index in [0.717, 1.165) is 28.2 Å². The van der Waals surface area contributed by atoms with Crippen molar-refractivity contribution in [3.63, 3.8) is 0 Å². The van der Waals surface area contributed by atoms with E-state index in [4.69, 9.17) is 19.2 Å². The first-order valence-electron chi connectivity index (χ1n) is 12.5. The first-order valence-corrected chi connectivity index (χ1v) is 13.3. The van der Waals surface area contributed by atoms with Crippen LogP contribution in [0.25, 0.3) is 10.6 Å². The molecule has 0 saturated heterocycles. The molecule has 4 aromatic rings. The predicted molar refractivity (Wildman–Crippen MR) is 152 cm³/mol. The average Bonchev–Trinajstić information content (AvgIpc) is 3.43. The zero-order valence-corrected chi connectivity index (χ0v) is 23.3. The summed E-state index contributed by atoms with van der Waals surface area (Å²) in [5.74, 6) is 2.16. The van der Waals surface area contributed by atoms with E-state index in [2.05, 4.69) is 9.88 Å². The molecule has 4 rings (SSSR count). The third kappa shape index (κ3) is 7.00. The first-order chi connectivity index (χ1) is 18.9. The Balaban J connectivity index is 1.79. The average molecular weight is 546 g/mol. The van der Waals surface area contributed by atoms with Crippen LogP contribution in [0.1, 0.15) is 40.6 Å². The Morgan fingerprint density at radius 1 is 0.846 bits per heavy atom. The number of aromatic nitrogens is 2. The highest BCUT2D eigenvalue weighted by molar-refractivity contribution is 7.17. The number of carbonyl (C=O) groups is 2. The summed E-state index contributed by atoms with van der Waals surface area (Å²) in [5.41, 5.74) is 2.82. The Morgan fingerprint density at radius 2 is 1.44 bits per heavy atom. The summed E-state index contributed by atoms with van der Waals surface area (Å²) in [6, 6.07) is 19.2. The largest absolute Gasteiger partial charge is 0.497 e. The number of anilines is 1. The Labute approximate surface area is 232 Å². The van der Waals surface area contributed by atoms with Gasteiger partial charge in [-0.2, -0.15) is 0 Å². The van der Waals surface area contributed by atoms with Gasteiger partial charge in [0.15, 0.2) is 11.6 Å². The number of pyridine rings is 1. The molecule has 9 heteroatoms. The number of methoxy groups -OCH3 is 3. The molecule has 0 radical (unpaired) electrons. The molecule has 202 valence electrons. The fourth-order valence-corrected chi connectivity index (χ4v) is 5.00. The summed E-state index contributed by atoms with van der Waals surface area (Å²) < 4.78 is 15.9. The first kappa shape index (κ1) is 27.8. The smallest absolute Gasteiger partial charge is 0.213 e. The summed E-state index contributed by atoms with van der Waals surface area (Å²) in [7, 11) is 4.81. The minimum Gasteiger partial charge on any atom is -0.497 e. The molecule has 2 aromatic carbocycles. The van der Waals surface area contributed by atoms with Crippen LogP contribution in [-0.4, -0.2) is 42.9 Å². The Hall–Kier alpha value is -4.24. The monoisotopic (exact) mass is 545 g/mol. The highest BCUT2D eigenvalue weighted by Crippen LogP contribution is 2.36. The fraction of sp³-hybridized carbons (Fsp3) is 0.267. The van der Waals surface area contributed by atoms with Crippen LogP contribution < -0.4 is 19.1 Å². The van der Waals surface area contributed by atoms with Gasteiger partial charge in [-0.15, -0.1) is 11.3 Å². The molecular weight excluding hydrogens is 514 g/mol. The second-order valence-electron chi connectivity index (χ2n) is 8.80. The van der Waals surface area contributed by atoms with Crippen LogP contribution in [-0.2, 0) is 17.9 Å². The third-order valence-electron chi connectivity index (χ3n) is 6.17. The summed E-state index contributed by atoms with van der Waals surface area (Å²) in [6.45, 7) is 2.74. The van der Waals surface area contributed by atoms with Crippen molar-refractivity contribution in [3.05, 3.63) is 82.9 Å². The Morgan fingerprint density at radius 3 is 1.95 bits per heavy atom. The van der Waals surface area contributed by atoms with E-state index in [0.29, 0.717) is 41.1 Å². The van der Waals surface area contributed by atoms with Crippen LogP contribution in [0.2, 0.25) is 0 Å². The molecule has 0 aliphatic heterocycles. The van der Waals surface area contributed by atoms with Crippen LogP contribution in [0.5, 0.6) is 17.4 Å². The van der Waals surface area contributed by atoms with Crippen molar-refractivity contribution in [1.82, 2.24) is 9.97 Å². The molecule has 2 aromatic heterocycles. The predicted octanol–water partition coefficient (Wildman–Crippen LogP) is 5.99. The van der Waals surface area contributed by atoms with Gasteiger partial charge in [-0.3, -0.25) is 9.59 Å². The van der Waals surface area contributed by atoms with Gasteiger partial charge in [-0.1, -0.05) is 31.2 Å². The maximum absolute atomic E-state index is 13.4. The van der Waals surface area contributed by atoms with Crippen molar-refractivity contribution in [2.75, 3.05) is 26.2 Å². The van der Waals surface area contributed by atoms with Gasteiger partial charge in [0.05, 0.1) is 27.8 Å². The van der Waals surface area contributed by atoms with Gasteiger partial charge in [0.1, 0.15) is 27.2 Å². The zero-order valence-electron chi connectivity index (χ0n) is 22.5. The lowest BCUT2D eigenvalue weighted by atomic mass is 10.1. The molecule has 0 unspecified atom stereocenters. The highest BCUT2D eigenvalue weighted by Gasteiger charge is 2.25. The fourth-order valence-electron chi connectivity index (χ4n) is 3.98. The summed E-state index contributed by atoms with van der Waals surface area (Å²) >= 11 is 1.28. The number of ketones is 2. The summed E-state index contributed by atoms with van der Waals surface area (Å²) in [6.07, 6.45) is 1.78. The molecule has 0 fully saturated rings. The molecule has 0 saturated carbocycles. The van der Waals surface area contributed by atoms with Crippen LogP contribution in [0, 0.1) is 0 Å². The second kappa shape index (κ2) is 13.0. The molecule has 0 spiro atoms. The Bertz CT molecular complexity index is 1370. The van der Waals surface area contributed by atoms with Crippen LogP contribution in [0.15, 0.2) is 66.9 Å². The quantitative estimate of drug-likeness (QED) is 0.149. The van der Waals surface area contributed by atoms with E-state index in [1.807, 2.05) is 54.6 Å². The van der Waals surface area contributed by atoms with Crippen molar-refractivity contribution in [2.24, 2.45) is 0 Å². The lowest BCUT2D eigenvalue weighted by molar-refractivity contribution is -0.117. The molecule has 0 amide bonds. The van der Waals surface area contributed by atoms with Crippen molar-refractivity contribution in [2.45, 2.75) is 32.9 Å². The number of carbonyl (C=O) groups excluding carboxylic acids is 2. The minimum atomic E-state index is -0.240. The topological polar surface area (TPSA) is 90.9 Å². The molecule has 8 nitrogen and oxygen atoms in total. The van der Waals surface area contributed by atoms with E-state index in [9.17, 15) is 9.59 Å². The van der Waals surface area contributed by atoms with Gasteiger partial charge in [0, 0.05) is 37.3 Å². The van der Waals surface area contributed by atoms with Crippen molar-refractivity contribution in [3.8, 4) is 28.0 Å². The maximum atomic E-state index is 13.4. The second-order valence-corrected chi connectivity index (χ2v) is 9.80. The third-order valence-corrected chi connectivity index (χ3v) is 7.30. The number of Topliss-reactive ketones (excluding diaryl/α,β-unsaturated/α-hetero) is 2. The molecular formula is C30H31N3O5S. The Kier molecular flexibility index (Phi) is 9.27. The molecule has 0 N–H and O–H groups in total. The van der Waals surface area contributed by atoms with Crippen molar-refractivity contribution in [1.29, 1.82) is 0 Å². The highest BCUT2D eigenvalue weighted by atomic mass is 32.1. The molecule has 2 heterocycles. The number of hydrogen-bond acceptors (Lipinski definition) is 9. The van der Waals surface area contributed by atoms with Gasteiger partial charge in [0.25, 0.3) is 0 Å². The van der Waals surface area contributed by atoms with E-state index >= 15 is 0 Å². The molecule has 0 atom stereocenters. The van der Waals surface area contributed by atoms with Crippen LogP contribution >= 0.6 is 11.3 Å². The van der Waals surface area contributed by atoms with E-state index < -0.39 is 0 Å². The number of hydrogen-bond donors (Lipinski definition) is 0. The van der Waals surface area contributed by atoms with E-state index in [1.54, 1.807) is 40.5 Å². The summed E-state index contributed by atoms with van der Waals surface area (Å²) in [4.78, 5) is 37.3. The van der Waals surface area contributed by atoms with Gasteiger partial charge in [-0.25, -0.2) is 9.97 Å². The van der Waals surface area contributed by atoms with E-state index in [1.165, 1.54) is 11.3 Å². The molecule has 0 aliphatic rings. The number of ether oxygens (including phenoxy) is 3. The van der Waals surface area contributed by atoms with Crippen LogP contribution in [0.4, 0.5) is 5.82 Å². The lowest BCUT2D eigenvalue weighted by Gasteiger charge is -2.24. The molecule has 0 bridgehead atoms. The number of rotatable bonds is 13. The lowest BCUT2D eigenvalue weighted by Crippen LogP contribution is -2.24. The molecule has 0 aliphatic carbocycles.